The van der Waals surface area contributed by atoms with Crippen molar-refractivity contribution < 1.29 is 13.2 Å². The average Bonchev–Trinajstić information content (AvgIpc) is 2.88. The second-order valence-corrected chi connectivity index (χ2v) is 8.55. The summed E-state index contributed by atoms with van der Waals surface area (Å²) in [6.45, 7) is 2.79. The smallest absolute Gasteiger partial charge is 0.226 e. The Morgan fingerprint density at radius 1 is 1.09 bits per heavy atom. The number of anilines is 1. The molecule has 2 heterocycles. The molecule has 2 saturated heterocycles. The van der Waals surface area contributed by atoms with Gasteiger partial charge in [0.25, 0.3) is 0 Å². The highest BCUT2D eigenvalue weighted by Crippen LogP contribution is 2.23. The van der Waals surface area contributed by atoms with Gasteiger partial charge in [-0.1, -0.05) is 11.6 Å². The molecule has 7 heteroatoms. The van der Waals surface area contributed by atoms with Gasteiger partial charge in [0, 0.05) is 36.9 Å². The normalized spacial score (nSPS) is 24.5. The second-order valence-electron chi connectivity index (χ2n) is 5.89. The van der Waals surface area contributed by atoms with Gasteiger partial charge >= 0.3 is 0 Å². The first kappa shape index (κ1) is 15.6. The van der Waals surface area contributed by atoms with Crippen molar-refractivity contribution in [1.82, 2.24) is 4.90 Å². The topological polar surface area (TPSA) is 57.7 Å². The van der Waals surface area contributed by atoms with Crippen LogP contribution in [0.4, 0.5) is 5.69 Å². The third kappa shape index (κ3) is 3.38. The highest BCUT2D eigenvalue weighted by molar-refractivity contribution is 7.91. The van der Waals surface area contributed by atoms with Crippen LogP contribution in [0.2, 0.25) is 5.02 Å². The Morgan fingerprint density at radius 2 is 1.73 bits per heavy atom. The molecule has 2 aliphatic heterocycles. The van der Waals surface area contributed by atoms with E-state index in [1.807, 2.05) is 24.3 Å². The summed E-state index contributed by atoms with van der Waals surface area (Å²) in [4.78, 5) is 16.4. The lowest BCUT2D eigenvalue weighted by Gasteiger charge is -2.37. The summed E-state index contributed by atoms with van der Waals surface area (Å²) in [5.74, 6) is -0.180. The summed E-state index contributed by atoms with van der Waals surface area (Å²) in [5, 5.41) is 0.708. The molecule has 0 radical (unpaired) electrons. The van der Waals surface area contributed by atoms with E-state index in [1.165, 1.54) is 0 Å². The molecular weight excluding hydrogens is 324 g/mol. The van der Waals surface area contributed by atoms with Crippen LogP contribution in [0.25, 0.3) is 0 Å². The molecule has 0 bridgehead atoms. The summed E-state index contributed by atoms with van der Waals surface area (Å²) in [6.07, 6.45) is 0.471. The van der Waals surface area contributed by atoms with Gasteiger partial charge in [0.2, 0.25) is 5.91 Å². The van der Waals surface area contributed by atoms with Crippen molar-refractivity contribution in [2.75, 3.05) is 42.6 Å². The van der Waals surface area contributed by atoms with Gasteiger partial charge < -0.3 is 9.80 Å². The SMILES string of the molecule is O=C(C1CCS(=O)(=O)C1)N1CCN(c2ccc(Cl)cc2)CC1. The average molecular weight is 343 g/mol. The molecular formula is C15H19ClN2O3S. The molecule has 0 aromatic heterocycles. The molecule has 5 nitrogen and oxygen atoms in total. The highest BCUT2D eigenvalue weighted by Gasteiger charge is 2.36. The van der Waals surface area contributed by atoms with Crippen molar-refractivity contribution >= 4 is 33.0 Å². The minimum absolute atomic E-state index is 0.00293. The summed E-state index contributed by atoms with van der Waals surface area (Å²) in [7, 11) is -3.01. The molecule has 22 heavy (non-hydrogen) atoms. The fourth-order valence-corrected chi connectivity index (χ4v) is 4.94. The van der Waals surface area contributed by atoms with Crippen LogP contribution < -0.4 is 4.90 Å². The van der Waals surface area contributed by atoms with E-state index in [2.05, 4.69) is 4.90 Å². The predicted molar refractivity (Wildman–Crippen MR) is 87.0 cm³/mol. The number of nitrogens with zero attached hydrogens (tertiary/aromatic N) is 2. The molecule has 2 fully saturated rings. The number of carbonyl (C=O) groups excluding carboxylic acids is 1. The maximum Gasteiger partial charge on any atom is 0.226 e. The molecule has 1 amide bonds. The quantitative estimate of drug-likeness (QED) is 0.815. The fourth-order valence-electron chi connectivity index (χ4n) is 3.08. The molecule has 0 saturated carbocycles. The zero-order chi connectivity index (χ0) is 15.7. The molecule has 1 aromatic rings. The number of sulfone groups is 1. The Bertz CT molecular complexity index is 652. The zero-order valence-corrected chi connectivity index (χ0v) is 13.8. The number of halogens is 1. The van der Waals surface area contributed by atoms with Crippen LogP contribution in [0, 0.1) is 5.92 Å². The Morgan fingerprint density at radius 3 is 2.27 bits per heavy atom. The Hall–Kier alpha value is -1.27. The number of hydrogen-bond donors (Lipinski definition) is 0. The van der Waals surface area contributed by atoms with E-state index in [9.17, 15) is 13.2 Å². The van der Waals surface area contributed by atoms with Crippen LogP contribution in [-0.4, -0.2) is 56.9 Å². The van der Waals surface area contributed by atoms with Crippen LogP contribution in [0.15, 0.2) is 24.3 Å². The number of benzene rings is 1. The maximum absolute atomic E-state index is 12.4. The lowest BCUT2D eigenvalue weighted by atomic mass is 10.1. The van der Waals surface area contributed by atoms with E-state index in [1.54, 1.807) is 4.90 Å². The van der Waals surface area contributed by atoms with Crippen molar-refractivity contribution in [2.24, 2.45) is 5.92 Å². The van der Waals surface area contributed by atoms with Crippen LogP contribution in [0.1, 0.15) is 6.42 Å². The number of rotatable bonds is 2. The summed E-state index contributed by atoms with van der Waals surface area (Å²) in [5.41, 5.74) is 1.10. The van der Waals surface area contributed by atoms with E-state index in [0.717, 1.165) is 18.8 Å². The minimum atomic E-state index is -3.01. The van der Waals surface area contributed by atoms with Gasteiger partial charge in [0.15, 0.2) is 9.84 Å². The van der Waals surface area contributed by atoms with E-state index in [-0.39, 0.29) is 23.3 Å². The molecule has 2 aliphatic rings. The lowest BCUT2D eigenvalue weighted by Crippen LogP contribution is -2.50. The molecule has 3 rings (SSSR count). The third-order valence-electron chi connectivity index (χ3n) is 4.36. The van der Waals surface area contributed by atoms with E-state index in [0.29, 0.717) is 24.5 Å². The predicted octanol–water partition coefficient (Wildman–Crippen LogP) is 1.42. The van der Waals surface area contributed by atoms with E-state index >= 15 is 0 Å². The fraction of sp³-hybridized carbons (Fsp3) is 0.533. The van der Waals surface area contributed by atoms with Crippen LogP contribution >= 0.6 is 11.6 Å². The van der Waals surface area contributed by atoms with Crippen molar-refractivity contribution in [1.29, 1.82) is 0 Å². The van der Waals surface area contributed by atoms with Gasteiger partial charge in [0.1, 0.15) is 0 Å². The minimum Gasteiger partial charge on any atom is -0.368 e. The Labute approximate surface area is 135 Å². The standard InChI is InChI=1S/C15H19ClN2O3S/c16-13-1-3-14(4-2-13)17-6-8-18(9-7-17)15(19)12-5-10-22(20,21)11-12/h1-4,12H,5-11H2. The molecule has 1 aromatic carbocycles. The van der Waals surface area contributed by atoms with Crippen molar-refractivity contribution in [3.05, 3.63) is 29.3 Å². The highest BCUT2D eigenvalue weighted by atomic mass is 35.5. The summed E-state index contributed by atoms with van der Waals surface area (Å²) < 4.78 is 23.0. The molecule has 0 spiro atoms. The molecule has 1 atom stereocenters. The van der Waals surface area contributed by atoms with Crippen molar-refractivity contribution in [3.8, 4) is 0 Å². The van der Waals surface area contributed by atoms with E-state index < -0.39 is 9.84 Å². The van der Waals surface area contributed by atoms with Crippen molar-refractivity contribution in [2.45, 2.75) is 6.42 Å². The number of piperazine rings is 1. The van der Waals surface area contributed by atoms with Gasteiger partial charge in [-0.05, 0) is 30.7 Å². The molecule has 120 valence electrons. The van der Waals surface area contributed by atoms with Crippen LogP contribution in [0.3, 0.4) is 0 Å². The second kappa shape index (κ2) is 6.08. The van der Waals surface area contributed by atoms with Crippen LogP contribution in [-0.2, 0) is 14.6 Å². The van der Waals surface area contributed by atoms with Gasteiger partial charge in [-0.25, -0.2) is 8.42 Å². The Kier molecular flexibility index (Phi) is 4.32. The first-order chi connectivity index (χ1) is 10.4. The Balaban J connectivity index is 1.57. The van der Waals surface area contributed by atoms with Gasteiger partial charge in [-0.3, -0.25) is 4.79 Å². The van der Waals surface area contributed by atoms with E-state index in [4.69, 9.17) is 11.6 Å². The summed E-state index contributed by atoms with van der Waals surface area (Å²) >= 11 is 5.89. The van der Waals surface area contributed by atoms with Gasteiger partial charge in [-0.2, -0.15) is 0 Å². The largest absolute Gasteiger partial charge is 0.368 e. The molecule has 0 N–H and O–H groups in total. The van der Waals surface area contributed by atoms with Gasteiger partial charge in [0.05, 0.1) is 17.4 Å². The molecule has 1 unspecified atom stereocenters. The number of carbonyl (C=O) groups is 1. The zero-order valence-electron chi connectivity index (χ0n) is 12.2. The molecule has 0 aliphatic carbocycles. The number of hydrogen-bond acceptors (Lipinski definition) is 4. The van der Waals surface area contributed by atoms with Gasteiger partial charge in [-0.15, -0.1) is 0 Å². The van der Waals surface area contributed by atoms with Crippen LogP contribution in [0.5, 0.6) is 0 Å². The van der Waals surface area contributed by atoms with Crippen molar-refractivity contribution in [3.63, 3.8) is 0 Å². The number of amides is 1. The first-order valence-electron chi connectivity index (χ1n) is 7.44. The maximum atomic E-state index is 12.4. The third-order valence-corrected chi connectivity index (χ3v) is 6.38. The monoisotopic (exact) mass is 342 g/mol. The lowest BCUT2D eigenvalue weighted by molar-refractivity contribution is -0.135. The first-order valence-corrected chi connectivity index (χ1v) is 9.64. The summed E-state index contributed by atoms with van der Waals surface area (Å²) in [6, 6.07) is 7.67.